The third kappa shape index (κ3) is 2.66. The summed E-state index contributed by atoms with van der Waals surface area (Å²) in [5.41, 5.74) is 5.09. The first-order valence-electron chi connectivity index (χ1n) is 4.57. The minimum atomic E-state index is -0.697. The van der Waals surface area contributed by atoms with E-state index >= 15 is 0 Å². The number of primary amides is 1. The van der Waals surface area contributed by atoms with E-state index < -0.39 is 11.7 Å². The Labute approximate surface area is 91.9 Å². The number of rotatable bonds is 4. The highest BCUT2D eigenvalue weighted by atomic mass is 16.3. The molecule has 0 radical (unpaired) electrons. The van der Waals surface area contributed by atoms with Crippen molar-refractivity contribution in [1.82, 2.24) is 0 Å². The number of amides is 1. The maximum Gasteiger partial charge on any atom is 0.248 e. The lowest BCUT2D eigenvalue weighted by molar-refractivity contribution is -0.116. The normalized spacial score (nSPS) is 9.81. The number of carbonyl (C=O) groups is 3. The smallest absolute Gasteiger partial charge is 0.248 e. The Bertz CT molecular complexity index is 465. The lowest BCUT2D eigenvalue weighted by Crippen LogP contribution is -2.12. The number of hydrogen-bond acceptors (Lipinski definition) is 4. The number of nitrogens with two attached hydrogens (primary N) is 1. The third-order valence-electron chi connectivity index (χ3n) is 1.99. The minimum absolute atomic E-state index is 0.0634. The Morgan fingerprint density at radius 1 is 1.31 bits per heavy atom. The molecule has 5 nitrogen and oxygen atoms in total. The lowest BCUT2D eigenvalue weighted by Gasteiger charge is -2.04. The average Bonchev–Trinajstić information content (AvgIpc) is 2.16. The molecule has 0 aliphatic carbocycles. The number of hydrogen-bond donors (Lipinski definition) is 2. The molecule has 0 aromatic heterocycles. The zero-order valence-corrected chi connectivity index (χ0v) is 8.69. The minimum Gasteiger partial charge on any atom is -0.507 e. The van der Waals surface area contributed by atoms with Gasteiger partial charge in [0.1, 0.15) is 11.5 Å². The van der Waals surface area contributed by atoms with E-state index in [0.29, 0.717) is 0 Å². The van der Waals surface area contributed by atoms with Crippen LogP contribution in [0.15, 0.2) is 18.2 Å². The van der Waals surface area contributed by atoms with Crippen molar-refractivity contribution >= 4 is 17.5 Å². The topological polar surface area (TPSA) is 97.5 Å². The van der Waals surface area contributed by atoms with Gasteiger partial charge in [0.05, 0.1) is 12.0 Å². The molecule has 1 amide bonds. The molecule has 3 N–H and O–H groups in total. The molecule has 84 valence electrons. The van der Waals surface area contributed by atoms with Crippen LogP contribution in [0.1, 0.15) is 34.1 Å². The fourth-order valence-corrected chi connectivity index (χ4v) is 1.23. The second-order valence-electron chi connectivity index (χ2n) is 3.40. The molecule has 0 fully saturated rings. The monoisotopic (exact) mass is 221 g/mol. The number of Topliss-reactive ketones (excluding diaryl/α,β-unsaturated/α-hetero) is 2. The van der Waals surface area contributed by atoms with Crippen LogP contribution in [0.4, 0.5) is 0 Å². The van der Waals surface area contributed by atoms with Crippen LogP contribution in [-0.2, 0) is 4.79 Å². The number of aromatic hydroxyl groups is 1. The van der Waals surface area contributed by atoms with E-state index in [1.165, 1.54) is 25.1 Å². The van der Waals surface area contributed by atoms with E-state index in [1.54, 1.807) is 0 Å². The summed E-state index contributed by atoms with van der Waals surface area (Å²) in [6.45, 7) is 1.27. The number of carbonyl (C=O) groups excluding carboxylic acids is 3. The second kappa shape index (κ2) is 4.57. The van der Waals surface area contributed by atoms with Crippen molar-refractivity contribution in [3.8, 4) is 5.75 Å². The number of phenolic OH excluding ortho intramolecular Hbond substituents is 1. The van der Waals surface area contributed by atoms with Gasteiger partial charge in [0.2, 0.25) is 5.91 Å². The van der Waals surface area contributed by atoms with Crippen LogP contribution in [0.25, 0.3) is 0 Å². The average molecular weight is 221 g/mol. The summed E-state index contributed by atoms with van der Waals surface area (Å²) in [6, 6.07) is 3.69. The molecule has 0 aliphatic rings. The van der Waals surface area contributed by atoms with Crippen LogP contribution in [-0.4, -0.2) is 22.6 Å². The van der Waals surface area contributed by atoms with Crippen molar-refractivity contribution < 1.29 is 19.5 Å². The van der Waals surface area contributed by atoms with Crippen molar-refractivity contribution in [2.75, 3.05) is 0 Å². The van der Waals surface area contributed by atoms with Gasteiger partial charge >= 0.3 is 0 Å². The van der Waals surface area contributed by atoms with Gasteiger partial charge in [-0.05, 0) is 25.1 Å². The Morgan fingerprint density at radius 2 is 1.94 bits per heavy atom. The molecular weight excluding hydrogens is 210 g/mol. The molecule has 5 heteroatoms. The van der Waals surface area contributed by atoms with Crippen LogP contribution in [0, 0.1) is 0 Å². The van der Waals surface area contributed by atoms with E-state index in [9.17, 15) is 19.5 Å². The first-order valence-corrected chi connectivity index (χ1v) is 4.57. The van der Waals surface area contributed by atoms with Gasteiger partial charge < -0.3 is 10.8 Å². The quantitative estimate of drug-likeness (QED) is 0.576. The van der Waals surface area contributed by atoms with Gasteiger partial charge in [-0.1, -0.05) is 0 Å². The molecule has 0 spiro atoms. The van der Waals surface area contributed by atoms with Crippen molar-refractivity contribution in [2.45, 2.75) is 13.3 Å². The Kier molecular flexibility index (Phi) is 3.40. The molecule has 0 heterocycles. The summed E-state index contributed by atoms with van der Waals surface area (Å²) in [5.74, 6) is -1.81. The molecular formula is C11H11NO4. The van der Waals surface area contributed by atoms with Crippen LogP contribution in [0.5, 0.6) is 5.75 Å². The molecule has 0 bridgehead atoms. The molecule has 1 rings (SSSR count). The summed E-state index contributed by atoms with van der Waals surface area (Å²) >= 11 is 0. The second-order valence-corrected chi connectivity index (χ2v) is 3.40. The molecule has 16 heavy (non-hydrogen) atoms. The van der Waals surface area contributed by atoms with Crippen LogP contribution >= 0.6 is 0 Å². The van der Waals surface area contributed by atoms with Crippen LogP contribution in [0.3, 0.4) is 0 Å². The molecule has 0 atom stereocenters. The van der Waals surface area contributed by atoms with Gasteiger partial charge in [-0.3, -0.25) is 14.4 Å². The first kappa shape index (κ1) is 11.9. The van der Waals surface area contributed by atoms with E-state index in [4.69, 9.17) is 5.73 Å². The predicted molar refractivity (Wildman–Crippen MR) is 56.3 cm³/mol. The maximum absolute atomic E-state index is 11.5. The standard InChI is InChI=1S/C11H11NO4/c1-6(13)4-10(15)8-5-7(11(12)16)2-3-9(8)14/h2-3,5,14H,4H2,1H3,(H2,12,16). The summed E-state index contributed by atoms with van der Waals surface area (Å²) in [7, 11) is 0. The highest BCUT2D eigenvalue weighted by Gasteiger charge is 2.15. The Morgan fingerprint density at radius 3 is 2.44 bits per heavy atom. The molecule has 0 unspecified atom stereocenters. The summed E-state index contributed by atoms with van der Waals surface area (Å²) in [5, 5.41) is 9.42. The summed E-state index contributed by atoms with van der Waals surface area (Å²) < 4.78 is 0. The highest BCUT2D eigenvalue weighted by Crippen LogP contribution is 2.20. The number of benzene rings is 1. The first-order chi connectivity index (χ1) is 7.41. The lowest BCUT2D eigenvalue weighted by atomic mass is 10.0. The van der Waals surface area contributed by atoms with Crippen molar-refractivity contribution in [1.29, 1.82) is 0 Å². The SMILES string of the molecule is CC(=O)CC(=O)c1cc(C(N)=O)ccc1O. The van der Waals surface area contributed by atoms with E-state index in [2.05, 4.69) is 0 Å². The van der Waals surface area contributed by atoms with Crippen molar-refractivity contribution in [3.05, 3.63) is 29.3 Å². The fraction of sp³-hybridized carbons (Fsp3) is 0.182. The van der Waals surface area contributed by atoms with Crippen molar-refractivity contribution in [3.63, 3.8) is 0 Å². The van der Waals surface area contributed by atoms with E-state index in [-0.39, 0.29) is 29.1 Å². The van der Waals surface area contributed by atoms with Gasteiger partial charge in [0, 0.05) is 5.56 Å². The molecule has 0 aliphatic heterocycles. The third-order valence-corrected chi connectivity index (χ3v) is 1.99. The van der Waals surface area contributed by atoms with Gasteiger partial charge in [-0.2, -0.15) is 0 Å². The largest absolute Gasteiger partial charge is 0.507 e. The fourth-order valence-electron chi connectivity index (χ4n) is 1.23. The van der Waals surface area contributed by atoms with Gasteiger partial charge in [0.15, 0.2) is 5.78 Å². The van der Waals surface area contributed by atoms with E-state index in [0.717, 1.165) is 0 Å². The molecule has 1 aromatic rings. The van der Waals surface area contributed by atoms with Gasteiger partial charge in [0.25, 0.3) is 0 Å². The molecule has 1 aromatic carbocycles. The highest BCUT2D eigenvalue weighted by molar-refractivity contribution is 6.09. The van der Waals surface area contributed by atoms with Gasteiger partial charge in [-0.25, -0.2) is 0 Å². The summed E-state index contributed by atoms with van der Waals surface area (Å²) in [4.78, 5) is 33.2. The van der Waals surface area contributed by atoms with Gasteiger partial charge in [-0.15, -0.1) is 0 Å². The summed E-state index contributed by atoms with van der Waals surface area (Å²) in [6.07, 6.45) is -0.310. The predicted octanol–water partition coefficient (Wildman–Crippen LogP) is 0.653. The molecule has 0 saturated carbocycles. The van der Waals surface area contributed by atoms with Crippen LogP contribution in [0.2, 0.25) is 0 Å². The van der Waals surface area contributed by atoms with Crippen molar-refractivity contribution in [2.24, 2.45) is 5.73 Å². The zero-order valence-electron chi connectivity index (χ0n) is 8.69. The molecule has 0 saturated heterocycles. The number of ketones is 2. The Balaban J connectivity index is 3.11. The zero-order chi connectivity index (χ0) is 12.3. The van der Waals surface area contributed by atoms with Crippen LogP contribution < -0.4 is 5.73 Å². The maximum atomic E-state index is 11.5. The Hall–Kier alpha value is -2.17. The number of phenols is 1. The van der Waals surface area contributed by atoms with E-state index in [1.807, 2.05) is 0 Å².